The Hall–Kier alpha value is -3.05. The summed E-state index contributed by atoms with van der Waals surface area (Å²) in [6.45, 7) is 3.04. The molecule has 2 unspecified atom stereocenters. The number of aromatic nitrogens is 1. The Bertz CT molecular complexity index is 1300. The van der Waals surface area contributed by atoms with Gasteiger partial charge in [-0.25, -0.2) is 4.98 Å². The van der Waals surface area contributed by atoms with Crippen molar-refractivity contribution in [2.24, 2.45) is 16.9 Å². The van der Waals surface area contributed by atoms with Crippen molar-refractivity contribution >= 4 is 28.1 Å². The number of hydrogen-bond acceptors (Lipinski definition) is 6. The normalized spacial score (nSPS) is 24.3. The SMILES string of the molecule is Cc1cc(N2N=C3c4ccc(C(=O)N5CCS(=O)CC5)nc4CCC3C2C2CCCC2)ccc1C#N. The van der Waals surface area contributed by atoms with Crippen molar-refractivity contribution < 1.29 is 9.00 Å². The molecule has 8 heteroatoms. The summed E-state index contributed by atoms with van der Waals surface area (Å²) in [5.41, 5.74) is 6.32. The zero-order chi connectivity index (χ0) is 24.8. The maximum atomic E-state index is 13.1. The van der Waals surface area contributed by atoms with Crippen molar-refractivity contribution in [2.45, 2.75) is 51.5 Å². The Morgan fingerprint density at radius 2 is 1.89 bits per heavy atom. The third kappa shape index (κ3) is 4.03. The lowest BCUT2D eigenvalue weighted by atomic mass is 9.76. The first-order valence-corrected chi connectivity index (χ1v) is 14.6. The maximum absolute atomic E-state index is 13.1. The number of carbonyl (C=O) groups is 1. The second-order valence-electron chi connectivity index (χ2n) is 10.5. The molecule has 2 aromatic rings. The van der Waals surface area contributed by atoms with Gasteiger partial charge in [-0.15, -0.1) is 0 Å². The zero-order valence-electron chi connectivity index (χ0n) is 20.7. The Morgan fingerprint density at radius 3 is 2.61 bits per heavy atom. The maximum Gasteiger partial charge on any atom is 0.272 e. The van der Waals surface area contributed by atoms with Crippen molar-refractivity contribution in [1.29, 1.82) is 5.26 Å². The van der Waals surface area contributed by atoms with E-state index in [0.29, 0.717) is 53.7 Å². The molecule has 0 N–H and O–H groups in total. The third-order valence-corrected chi connectivity index (χ3v) is 9.64. The Balaban J connectivity index is 1.34. The average Bonchev–Trinajstić information content (AvgIpc) is 3.56. The molecule has 186 valence electrons. The van der Waals surface area contributed by atoms with Crippen molar-refractivity contribution in [3.63, 3.8) is 0 Å². The van der Waals surface area contributed by atoms with E-state index in [9.17, 15) is 14.3 Å². The Kier molecular flexibility index (Phi) is 6.12. The van der Waals surface area contributed by atoms with Crippen LogP contribution in [0.25, 0.3) is 0 Å². The summed E-state index contributed by atoms with van der Waals surface area (Å²) in [6, 6.07) is 12.5. The van der Waals surface area contributed by atoms with E-state index in [-0.39, 0.29) is 5.91 Å². The number of hydrogen-bond donors (Lipinski definition) is 0. The van der Waals surface area contributed by atoms with Gasteiger partial charge in [-0.3, -0.25) is 14.0 Å². The summed E-state index contributed by atoms with van der Waals surface area (Å²) in [4.78, 5) is 19.7. The molecule has 2 atom stereocenters. The number of aryl methyl sites for hydroxylation is 2. The van der Waals surface area contributed by atoms with Gasteiger partial charge in [0.1, 0.15) is 5.69 Å². The van der Waals surface area contributed by atoms with E-state index in [1.165, 1.54) is 25.7 Å². The molecule has 2 aliphatic carbocycles. The topological polar surface area (TPSA) is 89.7 Å². The number of rotatable bonds is 3. The Morgan fingerprint density at radius 1 is 1.11 bits per heavy atom. The van der Waals surface area contributed by atoms with Crippen LogP contribution in [-0.2, 0) is 17.2 Å². The first kappa shape index (κ1) is 23.4. The predicted molar refractivity (Wildman–Crippen MR) is 140 cm³/mol. The average molecular weight is 502 g/mol. The minimum Gasteiger partial charge on any atom is -0.335 e. The zero-order valence-corrected chi connectivity index (χ0v) is 21.5. The van der Waals surface area contributed by atoms with Crippen LogP contribution in [0.15, 0.2) is 35.4 Å². The van der Waals surface area contributed by atoms with E-state index < -0.39 is 10.8 Å². The van der Waals surface area contributed by atoms with E-state index in [2.05, 4.69) is 17.1 Å². The highest BCUT2D eigenvalue weighted by atomic mass is 32.2. The molecule has 1 aromatic heterocycles. The van der Waals surface area contributed by atoms with E-state index >= 15 is 0 Å². The standard InChI is InChI=1S/C28H31N5O2S/c1-18-16-21(7-6-20(18)17-29)33-27(19-4-2-3-5-19)23-9-10-24-22(26(23)31-33)8-11-25(30-24)28(34)32-12-14-36(35)15-13-32/h6-8,11,16,19,23,27H,2-5,9-10,12-15H2,1H3. The number of carbonyl (C=O) groups excluding carboxylic acids is 1. The molecule has 2 fully saturated rings. The fourth-order valence-electron chi connectivity index (χ4n) is 6.46. The van der Waals surface area contributed by atoms with Gasteiger partial charge in [0.25, 0.3) is 5.91 Å². The van der Waals surface area contributed by atoms with Gasteiger partial charge in [0.05, 0.1) is 34.8 Å². The second kappa shape index (κ2) is 9.44. The van der Waals surface area contributed by atoms with Gasteiger partial charge in [0.2, 0.25) is 0 Å². The van der Waals surface area contributed by atoms with E-state index in [1.54, 1.807) is 4.90 Å². The van der Waals surface area contributed by atoms with Crippen molar-refractivity contribution in [3.8, 4) is 6.07 Å². The van der Waals surface area contributed by atoms with E-state index in [0.717, 1.165) is 41.1 Å². The largest absolute Gasteiger partial charge is 0.335 e. The van der Waals surface area contributed by atoms with Crippen LogP contribution < -0.4 is 5.01 Å². The lowest BCUT2D eigenvalue weighted by Gasteiger charge is -2.34. The van der Waals surface area contributed by atoms with Crippen LogP contribution in [-0.4, -0.2) is 56.3 Å². The monoisotopic (exact) mass is 501 g/mol. The van der Waals surface area contributed by atoms with Crippen LogP contribution in [0.1, 0.15) is 65.0 Å². The molecule has 0 radical (unpaired) electrons. The highest BCUT2D eigenvalue weighted by Crippen LogP contribution is 2.44. The highest BCUT2D eigenvalue weighted by Gasteiger charge is 2.46. The van der Waals surface area contributed by atoms with E-state index in [4.69, 9.17) is 10.1 Å². The lowest BCUT2D eigenvalue weighted by Crippen LogP contribution is -2.42. The highest BCUT2D eigenvalue weighted by molar-refractivity contribution is 7.85. The summed E-state index contributed by atoms with van der Waals surface area (Å²) in [5.74, 6) is 1.97. The van der Waals surface area contributed by atoms with Gasteiger partial charge in [-0.1, -0.05) is 12.8 Å². The Labute approximate surface area is 214 Å². The molecule has 1 aromatic carbocycles. The molecular formula is C28H31N5O2S. The minimum absolute atomic E-state index is 0.0662. The first-order chi connectivity index (χ1) is 17.5. The van der Waals surface area contributed by atoms with Gasteiger partial charge in [-0.05, 0) is 74.4 Å². The van der Waals surface area contributed by atoms with Gasteiger partial charge in [-0.2, -0.15) is 10.4 Å². The number of fused-ring (bicyclic) bond motifs is 3. The number of nitrogens with zero attached hydrogens (tertiary/aromatic N) is 5. The van der Waals surface area contributed by atoms with Crippen LogP contribution >= 0.6 is 0 Å². The summed E-state index contributed by atoms with van der Waals surface area (Å²) in [6.07, 6.45) is 6.83. The number of anilines is 1. The molecule has 7 nitrogen and oxygen atoms in total. The van der Waals surface area contributed by atoms with Gasteiger partial charge in [0, 0.05) is 46.9 Å². The summed E-state index contributed by atoms with van der Waals surface area (Å²) in [5, 5.41) is 16.8. The van der Waals surface area contributed by atoms with Crippen molar-refractivity contribution in [3.05, 3.63) is 58.4 Å². The molecule has 1 amide bonds. The van der Waals surface area contributed by atoms with Crippen molar-refractivity contribution in [2.75, 3.05) is 29.6 Å². The van der Waals surface area contributed by atoms with Gasteiger partial charge in [0.15, 0.2) is 0 Å². The number of amides is 1. The van der Waals surface area contributed by atoms with Crippen molar-refractivity contribution in [1.82, 2.24) is 9.88 Å². The van der Waals surface area contributed by atoms with Crippen LogP contribution in [0, 0.1) is 30.1 Å². The molecule has 6 rings (SSSR count). The molecule has 0 spiro atoms. The number of nitriles is 1. The van der Waals surface area contributed by atoms with E-state index in [1.807, 2.05) is 31.2 Å². The molecular weight excluding hydrogens is 470 g/mol. The quantitative estimate of drug-likeness (QED) is 0.638. The number of pyridine rings is 1. The van der Waals surface area contributed by atoms with Crippen LogP contribution in [0.5, 0.6) is 0 Å². The van der Waals surface area contributed by atoms with Crippen LogP contribution in [0.2, 0.25) is 0 Å². The number of benzene rings is 1. The molecule has 1 saturated heterocycles. The third-order valence-electron chi connectivity index (χ3n) is 8.37. The van der Waals surface area contributed by atoms with Crippen LogP contribution in [0.3, 0.4) is 0 Å². The molecule has 36 heavy (non-hydrogen) atoms. The van der Waals surface area contributed by atoms with Crippen LogP contribution in [0.4, 0.5) is 5.69 Å². The second-order valence-corrected chi connectivity index (χ2v) is 12.1. The summed E-state index contributed by atoms with van der Waals surface area (Å²) >= 11 is 0. The predicted octanol–water partition coefficient (Wildman–Crippen LogP) is 3.81. The minimum atomic E-state index is -0.817. The summed E-state index contributed by atoms with van der Waals surface area (Å²) in [7, 11) is -0.817. The molecule has 1 saturated carbocycles. The first-order valence-electron chi connectivity index (χ1n) is 13.1. The smallest absolute Gasteiger partial charge is 0.272 e. The lowest BCUT2D eigenvalue weighted by molar-refractivity contribution is 0.0765. The van der Waals surface area contributed by atoms with Gasteiger partial charge >= 0.3 is 0 Å². The molecule has 4 aliphatic rings. The fourth-order valence-corrected chi connectivity index (χ4v) is 7.51. The summed E-state index contributed by atoms with van der Waals surface area (Å²) < 4.78 is 11.7. The number of hydrazone groups is 1. The molecule has 3 heterocycles. The molecule has 2 aliphatic heterocycles. The van der Waals surface area contributed by atoms with Gasteiger partial charge < -0.3 is 4.90 Å². The molecule has 0 bridgehead atoms. The fraction of sp³-hybridized carbons (Fsp3) is 0.500.